The molecule has 2 amide bonds. The third kappa shape index (κ3) is 6.12. The Hall–Kier alpha value is -3.82. The van der Waals surface area contributed by atoms with Crippen LogP contribution in [-0.4, -0.2) is 62.2 Å². The Kier molecular flexibility index (Phi) is 8.47. The van der Waals surface area contributed by atoms with E-state index in [-0.39, 0.29) is 16.6 Å². The van der Waals surface area contributed by atoms with E-state index in [1.807, 2.05) is 29.2 Å². The second kappa shape index (κ2) is 11.9. The van der Waals surface area contributed by atoms with Crippen LogP contribution in [0.25, 0.3) is 0 Å². The smallest absolute Gasteiger partial charge is 0.264 e. The zero-order valence-electron chi connectivity index (χ0n) is 20.5. The lowest BCUT2D eigenvalue weighted by Gasteiger charge is -2.37. The van der Waals surface area contributed by atoms with Crippen molar-refractivity contribution in [3.63, 3.8) is 0 Å². The lowest BCUT2D eigenvalue weighted by Crippen LogP contribution is -2.49. The van der Waals surface area contributed by atoms with Gasteiger partial charge in [-0.05, 0) is 60.7 Å². The highest BCUT2D eigenvalue weighted by Crippen LogP contribution is 2.29. The minimum absolute atomic E-state index is 0.0154. The summed E-state index contributed by atoms with van der Waals surface area (Å²) in [5.41, 5.74) is 2.55. The van der Waals surface area contributed by atoms with E-state index in [4.69, 9.17) is 33.3 Å². The minimum atomic E-state index is -0.446. The number of thiocarbonyl (C=S) groups is 1. The Morgan fingerprint density at radius 3 is 2.11 bits per heavy atom. The topological polar surface area (TPSA) is 83.1 Å². The highest BCUT2D eigenvalue weighted by Gasteiger charge is 2.24. The molecule has 192 valence electrons. The number of carbonyl (C=O) groups excluding carboxylic acids is 2. The number of halogens is 1. The number of rotatable bonds is 6. The first-order valence-corrected chi connectivity index (χ1v) is 12.4. The van der Waals surface area contributed by atoms with Gasteiger partial charge >= 0.3 is 0 Å². The molecule has 0 spiro atoms. The van der Waals surface area contributed by atoms with Crippen LogP contribution in [0, 0.1) is 0 Å². The van der Waals surface area contributed by atoms with Crippen molar-refractivity contribution >= 4 is 52.1 Å². The Balaban J connectivity index is 1.41. The number of para-hydroxylation sites is 2. The molecule has 1 fully saturated rings. The lowest BCUT2D eigenvalue weighted by molar-refractivity contribution is 0.0746. The molecule has 0 atom stereocenters. The monoisotopic (exact) mass is 538 g/mol. The maximum Gasteiger partial charge on any atom is 0.264 e. The van der Waals surface area contributed by atoms with Gasteiger partial charge in [-0.2, -0.15) is 0 Å². The number of anilines is 2. The van der Waals surface area contributed by atoms with Crippen LogP contribution in [0.2, 0.25) is 5.02 Å². The molecule has 3 aromatic carbocycles. The van der Waals surface area contributed by atoms with Gasteiger partial charge in [0.1, 0.15) is 17.1 Å². The van der Waals surface area contributed by atoms with Crippen LogP contribution in [0.4, 0.5) is 11.4 Å². The van der Waals surface area contributed by atoms with E-state index in [9.17, 15) is 9.59 Å². The van der Waals surface area contributed by atoms with E-state index in [1.54, 1.807) is 42.5 Å². The second-order valence-electron chi connectivity index (χ2n) is 8.25. The molecule has 3 aromatic rings. The maximum absolute atomic E-state index is 13.0. The SMILES string of the molecule is COc1cccc(OC)c1C(=O)NC(=S)Nc1ccccc1N1CCN(C(=O)c2ccc(Cl)cc2)CC1. The fourth-order valence-electron chi connectivity index (χ4n) is 4.17. The standard InChI is InChI=1S/C27H27ClN4O4S/c1-35-22-8-5-9-23(36-2)24(22)25(33)30-27(37)29-20-6-3-4-7-21(20)31-14-16-32(17-15-31)26(34)18-10-12-19(28)13-11-18/h3-13H,14-17H2,1-2H3,(H2,29,30,33,37). The van der Waals surface area contributed by atoms with Crippen molar-refractivity contribution in [1.29, 1.82) is 0 Å². The molecule has 10 heteroatoms. The summed E-state index contributed by atoms with van der Waals surface area (Å²) < 4.78 is 10.6. The maximum atomic E-state index is 13.0. The predicted octanol–water partition coefficient (Wildman–Crippen LogP) is 4.45. The molecule has 0 unspecified atom stereocenters. The molecule has 8 nitrogen and oxygen atoms in total. The first-order chi connectivity index (χ1) is 17.9. The lowest BCUT2D eigenvalue weighted by atomic mass is 10.1. The zero-order chi connectivity index (χ0) is 26.4. The summed E-state index contributed by atoms with van der Waals surface area (Å²) in [6.07, 6.45) is 0. The highest BCUT2D eigenvalue weighted by atomic mass is 35.5. The van der Waals surface area contributed by atoms with E-state index in [0.29, 0.717) is 48.3 Å². The predicted molar refractivity (Wildman–Crippen MR) is 149 cm³/mol. The Morgan fingerprint density at radius 2 is 1.49 bits per heavy atom. The van der Waals surface area contributed by atoms with E-state index >= 15 is 0 Å². The summed E-state index contributed by atoms with van der Waals surface area (Å²) in [5, 5.41) is 6.58. The number of nitrogens with zero attached hydrogens (tertiary/aromatic N) is 2. The number of methoxy groups -OCH3 is 2. The van der Waals surface area contributed by atoms with Gasteiger partial charge in [0, 0.05) is 36.8 Å². The second-order valence-corrected chi connectivity index (χ2v) is 9.09. The normalized spacial score (nSPS) is 13.1. The van der Waals surface area contributed by atoms with Crippen molar-refractivity contribution in [3.05, 3.63) is 82.9 Å². The summed E-state index contributed by atoms with van der Waals surface area (Å²) in [7, 11) is 2.97. The molecule has 37 heavy (non-hydrogen) atoms. The van der Waals surface area contributed by atoms with Crippen molar-refractivity contribution in [2.24, 2.45) is 0 Å². The minimum Gasteiger partial charge on any atom is -0.496 e. The molecule has 0 aromatic heterocycles. The third-order valence-corrected chi connectivity index (χ3v) is 6.49. The summed E-state index contributed by atoms with van der Waals surface area (Å²) in [4.78, 5) is 29.8. The summed E-state index contributed by atoms with van der Waals surface area (Å²) in [6.45, 7) is 2.44. The van der Waals surface area contributed by atoms with Gasteiger partial charge in [-0.3, -0.25) is 14.9 Å². The van der Waals surface area contributed by atoms with Gasteiger partial charge in [0.25, 0.3) is 11.8 Å². The third-order valence-electron chi connectivity index (χ3n) is 6.03. The van der Waals surface area contributed by atoms with Gasteiger partial charge in [-0.25, -0.2) is 0 Å². The Labute approximate surface area is 226 Å². The number of carbonyl (C=O) groups is 2. The van der Waals surface area contributed by atoms with E-state index < -0.39 is 5.91 Å². The summed E-state index contributed by atoms with van der Waals surface area (Å²) in [6, 6.07) is 19.7. The van der Waals surface area contributed by atoms with Gasteiger partial charge in [0.2, 0.25) is 0 Å². The van der Waals surface area contributed by atoms with Crippen LogP contribution in [0.3, 0.4) is 0 Å². The summed E-state index contributed by atoms with van der Waals surface area (Å²) >= 11 is 11.4. The first-order valence-electron chi connectivity index (χ1n) is 11.6. The fourth-order valence-corrected chi connectivity index (χ4v) is 4.50. The van der Waals surface area contributed by atoms with Gasteiger partial charge in [-0.15, -0.1) is 0 Å². The molecule has 0 saturated carbocycles. The zero-order valence-corrected chi connectivity index (χ0v) is 22.1. The number of nitrogens with one attached hydrogen (secondary N) is 2. The van der Waals surface area contributed by atoms with Gasteiger partial charge < -0.3 is 24.6 Å². The van der Waals surface area contributed by atoms with Crippen LogP contribution in [0.15, 0.2) is 66.7 Å². The number of piperazine rings is 1. The molecular formula is C27H27ClN4O4S. The molecule has 4 rings (SSSR count). The van der Waals surface area contributed by atoms with Gasteiger partial charge in [-0.1, -0.05) is 29.8 Å². The molecule has 0 aliphatic carbocycles. The van der Waals surface area contributed by atoms with Gasteiger partial charge in [0.15, 0.2) is 5.11 Å². The van der Waals surface area contributed by atoms with Crippen LogP contribution in [0.5, 0.6) is 11.5 Å². The molecule has 2 N–H and O–H groups in total. The Morgan fingerprint density at radius 1 is 0.865 bits per heavy atom. The van der Waals surface area contributed by atoms with Crippen molar-refractivity contribution in [2.75, 3.05) is 50.6 Å². The van der Waals surface area contributed by atoms with Crippen molar-refractivity contribution in [3.8, 4) is 11.5 Å². The van der Waals surface area contributed by atoms with Crippen LogP contribution in [-0.2, 0) is 0 Å². The van der Waals surface area contributed by atoms with Crippen LogP contribution in [0.1, 0.15) is 20.7 Å². The molecule has 1 saturated heterocycles. The van der Waals surface area contributed by atoms with Crippen molar-refractivity contribution < 1.29 is 19.1 Å². The number of ether oxygens (including phenoxy) is 2. The quantitative estimate of drug-likeness (QED) is 0.449. The number of hydrogen-bond acceptors (Lipinski definition) is 6. The molecular weight excluding hydrogens is 512 g/mol. The average molecular weight is 539 g/mol. The largest absolute Gasteiger partial charge is 0.496 e. The Bertz CT molecular complexity index is 1270. The average Bonchev–Trinajstić information content (AvgIpc) is 2.92. The first kappa shape index (κ1) is 26.2. The number of hydrogen-bond donors (Lipinski definition) is 2. The number of benzene rings is 3. The van der Waals surface area contributed by atoms with E-state index in [0.717, 1.165) is 11.4 Å². The van der Waals surface area contributed by atoms with E-state index in [2.05, 4.69) is 15.5 Å². The summed E-state index contributed by atoms with van der Waals surface area (Å²) in [5.74, 6) is 0.300. The van der Waals surface area contributed by atoms with E-state index in [1.165, 1.54) is 14.2 Å². The molecule has 1 aliphatic heterocycles. The molecule has 1 aliphatic rings. The molecule has 1 heterocycles. The molecule has 0 bridgehead atoms. The van der Waals surface area contributed by atoms with Gasteiger partial charge in [0.05, 0.1) is 25.6 Å². The molecule has 0 radical (unpaired) electrons. The highest BCUT2D eigenvalue weighted by molar-refractivity contribution is 7.80. The van der Waals surface area contributed by atoms with Crippen molar-refractivity contribution in [1.82, 2.24) is 10.2 Å². The van der Waals surface area contributed by atoms with Crippen LogP contribution >= 0.6 is 23.8 Å². The van der Waals surface area contributed by atoms with Crippen molar-refractivity contribution in [2.45, 2.75) is 0 Å². The van der Waals surface area contributed by atoms with Crippen LogP contribution < -0.4 is 25.0 Å². The fraction of sp³-hybridized carbons (Fsp3) is 0.222. The number of amides is 2.